The molecular weight excluding hydrogens is 320 g/mol. The second-order valence-electron chi connectivity index (χ2n) is 6.06. The van der Waals surface area contributed by atoms with Crippen molar-refractivity contribution in [2.24, 2.45) is 5.92 Å². The fraction of sp³-hybridized carbons (Fsp3) is 0.474. The van der Waals surface area contributed by atoms with Gasteiger partial charge in [0.25, 0.3) is 0 Å². The Kier molecular flexibility index (Phi) is 7.96. The first-order valence-electron chi connectivity index (χ1n) is 8.24. The van der Waals surface area contributed by atoms with Gasteiger partial charge in [-0.25, -0.2) is 0 Å². The molecule has 0 fully saturated rings. The lowest BCUT2D eigenvalue weighted by Crippen LogP contribution is -1.93. The van der Waals surface area contributed by atoms with E-state index in [2.05, 4.69) is 55.0 Å². The Hall–Kier alpha value is -1.00. The van der Waals surface area contributed by atoms with Gasteiger partial charge in [0.1, 0.15) is 0 Å². The van der Waals surface area contributed by atoms with Gasteiger partial charge in [0.2, 0.25) is 0 Å². The van der Waals surface area contributed by atoms with Crippen molar-refractivity contribution in [2.75, 3.05) is 11.5 Å². The Balaban J connectivity index is 1.91. The second kappa shape index (κ2) is 9.99. The van der Waals surface area contributed by atoms with Crippen molar-refractivity contribution >= 4 is 23.5 Å². The summed E-state index contributed by atoms with van der Waals surface area (Å²) in [6, 6.07) is 8.50. The van der Waals surface area contributed by atoms with Gasteiger partial charge in [0, 0.05) is 23.9 Å². The molecule has 4 heteroatoms. The molecule has 0 N–H and O–H groups in total. The Morgan fingerprint density at radius 1 is 0.870 bits per heavy atom. The molecule has 2 nitrogen and oxygen atoms in total. The first-order valence-corrected chi connectivity index (χ1v) is 10.6. The normalized spacial score (nSPS) is 11.1. The lowest BCUT2D eigenvalue weighted by Gasteiger charge is -2.06. The molecule has 0 saturated heterocycles. The fourth-order valence-corrected chi connectivity index (χ4v) is 3.90. The van der Waals surface area contributed by atoms with Crippen LogP contribution in [-0.2, 0) is 11.5 Å². The molecule has 2 heterocycles. The second-order valence-corrected chi connectivity index (χ2v) is 8.20. The minimum atomic E-state index is 0.741. The van der Waals surface area contributed by atoms with E-state index in [0.717, 1.165) is 28.8 Å². The summed E-state index contributed by atoms with van der Waals surface area (Å²) in [5.74, 6) is 5.22. The monoisotopic (exact) mass is 346 g/mol. The topological polar surface area (TPSA) is 25.8 Å². The first-order chi connectivity index (χ1) is 11.2. The first kappa shape index (κ1) is 18.3. The highest BCUT2D eigenvalue weighted by atomic mass is 32.2. The number of hydrogen-bond donors (Lipinski definition) is 0. The molecule has 0 amide bonds. The molecule has 0 atom stereocenters. The Morgan fingerprint density at radius 2 is 1.43 bits per heavy atom. The molecule has 0 aliphatic carbocycles. The Bertz CT molecular complexity index is 565. The van der Waals surface area contributed by atoms with Gasteiger partial charge in [0.05, 0.1) is 11.4 Å². The van der Waals surface area contributed by atoms with Crippen LogP contribution in [-0.4, -0.2) is 21.5 Å². The molecule has 0 aliphatic heterocycles. The molecule has 2 aromatic rings. The number of nitrogens with zero attached hydrogens (tertiary/aromatic N) is 2. The van der Waals surface area contributed by atoms with Gasteiger partial charge in [-0.15, -0.1) is 0 Å². The third-order valence-corrected chi connectivity index (χ3v) is 5.92. The van der Waals surface area contributed by atoms with E-state index >= 15 is 0 Å². The van der Waals surface area contributed by atoms with Crippen LogP contribution >= 0.6 is 23.5 Å². The zero-order chi connectivity index (χ0) is 16.5. The molecule has 0 saturated carbocycles. The molecule has 0 aromatic carbocycles. The quantitative estimate of drug-likeness (QED) is 0.546. The van der Waals surface area contributed by atoms with Crippen molar-refractivity contribution in [3.8, 4) is 11.4 Å². The van der Waals surface area contributed by atoms with Gasteiger partial charge >= 0.3 is 0 Å². The van der Waals surface area contributed by atoms with E-state index in [0.29, 0.717) is 0 Å². The predicted molar refractivity (Wildman–Crippen MR) is 105 cm³/mol. The van der Waals surface area contributed by atoms with Crippen molar-refractivity contribution in [2.45, 2.75) is 38.7 Å². The van der Waals surface area contributed by atoms with Crippen molar-refractivity contribution < 1.29 is 0 Å². The zero-order valence-corrected chi connectivity index (χ0v) is 15.9. The van der Waals surface area contributed by atoms with Gasteiger partial charge in [0.15, 0.2) is 0 Å². The standard InChI is InChI=1S/C19H26N2S2/c1-4-9-22-13-16-5-7-18(20-10-16)19-8-6-17(11-21-19)14-23-12-15(2)3/h5-8,10-11,15H,4,9,12-14H2,1-3H3. The van der Waals surface area contributed by atoms with Gasteiger partial charge in [-0.2, -0.15) is 23.5 Å². The van der Waals surface area contributed by atoms with Crippen LogP contribution in [0.2, 0.25) is 0 Å². The Labute approximate surface area is 148 Å². The van der Waals surface area contributed by atoms with Crippen molar-refractivity contribution in [3.05, 3.63) is 47.8 Å². The van der Waals surface area contributed by atoms with Crippen LogP contribution in [0.1, 0.15) is 38.3 Å². The number of pyridine rings is 2. The Morgan fingerprint density at radius 3 is 1.87 bits per heavy atom. The average molecular weight is 347 g/mol. The summed E-state index contributed by atoms with van der Waals surface area (Å²) in [5, 5.41) is 0. The van der Waals surface area contributed by atoms with Crippen LogP contribution < -0.4 is 0 Å². The highest BCUT2D eigenvalue weighted by molar-refractivity contribution is 7.98. The summed E-state index contributed by atoms with van der Waals surface area (Å²) >= 11 is 3.93. The minimum absolute atomic E-state index is 0.741. The highest BCUT2D eigenvalue weighted by Gasteiger charge is 2.03. The van der Waals surface area contributed by atoms with E-state index in [-0.39, 0.29) is 0 Å². The van der Waals surface area contributed by atoms with Gasteiger partial charge in [-0.3, -0.25) is 9.97 Å². The van der Waals surface area contributed by atoms with E-state index in [9.17, 15) is 0 Å². The third kappa shape index (κ3) is 6.56. The lowest BCUT2D eigenvalue weighted by molar-refractivity contribution is 0.750. The third-order valence-electron chi connectivity index (χ3n) is 3.25. The number of hydrogen-bond acceptors (Lipinski definition) is 4. The molecular formula is C19H26N2S2. The van der Waals surface area contributed by atoms with Gasteiger partial charge in [-0.05, 0) is 47.1 Å². The van der Waals surface area contributed by atoms with Crippen molar-refractivity contribution in [1.82, 2.24) is 9.97 Å². The number of aromatic nitrogens is 2. The molecule has 0 aliphatic rings. The zero-order valence-electron chi connectivity index (χ0n) is 14.3. The maximum Gasteiger partial charge on any atom is 0.0886 e. The maximum absolute atomic E-state index is 4.57. The van der Waals surface area contributed by atoms with E-state index in [4.69, 9.17) is 0 Å². The van der Waals surface area contributed by atoms with Gasteiger partial charge < -0.3 is 0 Å². The van der Waals surface area contributed by atoms with Crippen LogP contribution in [0.4, 0.5) is 0 Å². The van der Waals surface area contributed by atoms with Crippen molar-refractivity contribution in [3.63, 3.8) is 0 Å². The van der Waals surface area contributed by atoms with E-state index in [1.54, 1.807) is 0 Å². The molecule has 0 unspecified atom stereocenters. The molecule has 2 rings (SSSR count). The van der Waals surface area contributed by atoms with Crippen LogP contribution in [0.3, 0.4) is 0 Å². The molecule has 0 bridgehead atoms. The van der Waals surface area contributed by atoms with Crippen LogP contribution in [0.5, 0.6) is 0 Å². The predicted octanol–water partition coefficient (Wildman–Crippen LogP) is 5.68. The van der Waals surface area contributed by atoms with E-state index in [1.807, 2.05) is 35.9 Å². The summed E-state index contributed by atoms with van der Waals surface area (Å²) in [4.78, 5) is 9.13. The largest absolute Gasteiger partial charge is 0.254 e. The van der Waals surface area contributed by atoms with Crippen LogP contribution in [0.15, 0.2) is 36.7 Å². The molecule has 0 spiro atoms. The molecule has 2 aromatic heterocycles. The lowest BCUT2D eigenvalue weighted by atomic mass is 10.2. The molecule has 124 valence electrons. The fourth-order valence-electron chi connectivity index (χ4n) is 2.07. The smallest absolute Gasteiger partial charge is 0.0886 e. The van der Waals surface area contributed by atoms with E-state index < -0.39 is 0 Å². The summed E-state index contributed by atoms with van der Waals surface area (Å²) in [7, 11) is 0. The maximum atomic E-state index is 4.57. The summed E-state index contributed by atoms with van der Waals surface area (Å²) < 4.78 is 0. The highest BCUT2D eigenvalue weighted by Crippen LogP contribution is 2.20. The molecule has 0 radical (unpaired) electrons. The molecule has 23 heavy (non-hydrogen) atoms. The van der Waals surface area contributed by atoms with Crippen LogP contribution in [0, 0.1) is 5.92 Å². The summed E-state index contributed by atoms with van der Waals surface area (Å²) in [6.07, 6.45) is 5.18. The number of rotatable bonds is 9. The van der Waals surface area contributed by atoms with E-state index in [1.165, 1.54) is 29.1 Å². The average Bonchev–Trinajstić information content (AvgIpc) is 2.56. The minimum Gasteiger partial charge on any atom is -0.254 e. The summed E-state index contributed by atoms with van der Waals surface area (Å²) in [6.45, 7) is 6.72. The number of thioether (sulfide) groups is 2. The van der Waals surface area contributed by atoms with Crippen molar-refractivity contribution in [1.29, 1.82) is 0 Å². The van der Waals surface area contributed by atoms with Crippen LogP contribution in [0.25, 0.3) is 11.4 Å². The SMILES string of the molecule is CCCSCc1ccc(-c2ccc(CSCC(C)C)cn2)nc1. The summed E-state index contributed by atoms with van der Waals surface area (Å²) in [5.41, 5.74) is 4.48. The van der Waals surface area contributed by atoms with Gasteiger partial charge in [-0.1, -0.05) is 32.9 Å².